The number of nitrogens with zero attached hydrogens (tertiary/aromatic N) is 4. The lowest BCUT2D eigenvalue weighted by atomic mass is 10.2. The third-order valence-corrected chi connectivity index (χ3v) is 3.18. The summed E-state index contributed by atoms with van der Waals surface area (Å²) in [7, 11) is 0. The number of aromatic nitrogens is 4. The zero-order chi connectivity index (χ0) is 15.0. The van der Waals surface area contributed by atoms with E-state index in [1.807, 2.05) is 0 Å². The van der Waals surface area contributed by atoms with Crippen molar-refractivity contribution in [3.63, 3.8) is 0 Å². The normalized spacial score (nSPS) is 10.7. The molecule has 0 saturated carbocycles. The number of benzene rings is 1. The largest absolute Gasteiger partial charge is 0.294 e. The van der Waals surface area contributed by atoms with E-state index in [0.29, 0.717) is 22.3 Å². The van der Waals surface area contributed by atoms with Gasteiger partial charge in [-0.2, -0.15) is 10.2 Å². The smallest absolute Gasteiger partial charge is 0.265 e. The minimum Gasteiger partial charge on any atom is -0.265 e. The van der Waals surface area contributed by atoms with Crippen LogP contribution in [0.25, 0.3) is 16.6 Å². The second-order valence-electron chi connectivity index (χ2n) is 4.55. The molecular formula is C15H11FN4O. The first-order chi connectivity index (χ1) is 10.1. The minimum atomic E-state index is -0.349. The van der Waals surface area contributed by atoms with E-state index in [0.717, 1.165) is 0 Å². The molecule has 0 aliphatic rings. The van der Waals surface area contributed by atoms with Crippen LogP contribution in [-0.4, -0.2) is 19.6 Å². The van der Waals surface area contributed by atoms with Gasteiger partial charge in [-0.15, -0.1) is 6.42 Å². The van der Waals surface area contributed by atoms with Crippen molar-refractivity contribution >= 4 is 10.9 Å². The first-order valence-electron chi connectivity index (χ1n) is 6.26. The number of hydrogen-bond acceptors (Lipinski definition) is 3. The number of fused-ring (bicyclic) bond motifs is 1. The highest BCUT2D eigenvalue weighted by Crippen LogP contribution is 2.17. The van der Waals surface area contributed by atoms with E-state index in [2.05, 4.69) is 16.1 Å². The van der Waals surface area contributed by atoms with Gasteiger partial charge in [0.25, 0.3) is 5.56 Å². The van der Waals surface area contributed by atoms with Crippen LogP contribution >= 0.6 is 0 Å². The molecule has 0 unspecified atom stereocenters. The van der Waals surface area contributed by atoms with Gasteiger partial charge in [-0.1, -0.05) is 5.92 Å². The summed E-state index contributed by atoms with van der Waals surface area (Å²) in [6.07, 6.45) is 6.82. The summed E-state index contributed by atoms with van der Waals surface area (Å²) >= 11 is 0. The highest BCUT2D eigenvalue weighted by Gasteiger charge is 2.14. The van der Waals surface area contributed by atoms with Crippen LogP contribution in [0, 0.1) is 25.1 Å². The lowest BCUT2D eigenvalue weighted by Gasteiger charge is -2.06. The molecule has 0 spiro atoms. The Bertz CT molecular complexity index is 916. The van der Waals surface area contributed by atoms with Gasteiger partial charge >= 0.3 is 0 Å². The van der Waals surface area contributed by atoms with Gasteiger partial charge in [-0.05, 0) is 31.2 Å². The first-order valence-corrected chi connectivity index (χ1v) is 6.26. The van der Waals surface area contributed by atoms with E-state index in [1.165, 1.54) is 21.5 Å². The third-order valence-electron chi connectivity index (χ3n) is 3.18. The van der Waals surface area contributed by atoms with Crippen LogP contribution in [0.1, 0.15) is 5.69 Å². The van der Waals surface area contributed by atoms with Gasteiger partial charge in [0.1, 0.15) is 17.9 Å². The second-order valence-corrected chi connectivity index (χ2v) is 4.55. The zero-order valence-electron chi connectivity index (χ0n) is 11.2. The van der Waals surface area contributed by atoms with Crippen LogP contribution in [0.2, 0.25) is 0 Å². The van der Waals surface area contributed by atoms with E-state index in [1.54, 1.807) is 25.3 Å². The van der Waals surface area contributed by atoms with Gasteiger partial charge in [-0.25, -0.2) is 13.8 Å². The minimum absolute atomic E-state index is 0.0875. The molecule has 5 nitrogen and oxygen atoms in total. The van der Waals surface area contributed by atoms with E-state index < -0.39 is 0 Å². The number of halogens is 1. The predicted octanol–water partition coefficient (Wildman–Crippen LogP) is 1.66. The highest BCUT2D eigenvalue weighted by atomic mass is 19.1. The van der Waals surface area contributed by atoms with E-state index in [-0.39, 0.29) is 17.9 Å². The monoisotopic (exact) mass is 282 g/mol. The summed E-state index contributed by atoms with van der Waals surface area (Å²) in [6, 6.07) is 5.75. The van der Waals surface area contributed by atoms with Crippen molar-refractivity contribution in [2.75, 3.05) is 0 Å². The second kappa shape index (κ2) is 4.87. The molecule has 0 fully saturated rings. The molecule has 0 atom stereocenters. The quantitative estimate of drug-likeness (QED) is 0.672. The van der Waals surface area contributed by atoms with Crippen molar-refractivity contribution in [3.8, 4) is 18.0 Å². The first kappa shape index (κ1) is 13.1. The van der Waals surface area contributed by atoms with Crippen molar-refractivity contribution in [1.29, 1.82) is 0 Å². The molecule has 0 bridgehead atoms. The molecule has 0 aliphatic heterocycles. The van der Waals surface area contributed by atoms with Crippen LogP contribution in [0.15, 0.2) is 35.3 Å². The Labute approximate surface area is 119 Å². The average molecular weight is 282 g/mol. The molecule has 3 rings (SSSR count). The molecule has 0 amide bonds. The fourth-order valence-electron chi connectivity index (χ4n) is 2.19. The van der Waals surface area contributed by atoms with E-state index in [4.69, 9.17) is 6.42 Å². The Hall–Kier alpha value is -2.94. The molecule has 3 aromatic rings. The van der Waals surface area contributed by atoms with Crippen molar-refractivity contribution in [1.82, 2.24) is 19.6 Å². The van der Waals surface area contributed by atoms with Gasteiger partial charge in [0.2, 0.25) is 0 Å². The number of aryl methyl sites for hydroxylation is 1. The topological polar surface area (TPSA) is 52.7 Å². The predicted molar refractivity (Wildman–Crippen MR) is 76.7 cm³/mol. The number of terminal acetylenes is 1. The van der Waals surface area contributed by atoms with Gasteiger partial charge in [0.15, 0.2) is 0 Å². The summed E-state index contributed by atoms with van der Waals surface area (Å²) in [4.78, 5) is 12.5. The Balaban J connectivity index is 2.33. The standard InChI is InChI=1S/C15H11FN4O/c1-3-8-19-15(21)14-13(10(2)18-19)9-17-20(14)12-6-4-11(16)5-7-12/h1,4-7,9H,8H2,2H3. The molecule has 0 aliphatic carbocycles. The summed E-state index contributed by atoms with van der Waals surface area (Å²) in [5.74, 6) is 2.05. The summed E-state index contributed by atoms with van der Waals surface area (Å²) in [5.41, 5.74) is 1.31. The molecular weight excluding hydrogens is 271 g/mol. The Morgan fingerprint density at radius 3 is 2.71 bits per heavy atom. The lowest BCUT2D eigenvalue weighted by Crippen LogP contribution is -2.25. The maximum absolute atomic E-state index is 13.0. The third kappa shape index (κ3) is 2.09. The Morgan fingerprint density at radius 2 is 2.05 bits per heavy atom. The molecule has 104 valence electrons. The Morgan fingerprint density at radius 1 is 1.33 bits per heavy atom. The average Bonchev–Trinajstić information content (AvgIpc) is 2.91. The maximum atomic E-state index is 13.0. The fraction of sp³-hybridized carbons (Fsp3) is 0.133. The zero-order valence-corrected chi connectivity index (χ0v) is 11.2. The molecule has 6 heteroatoms. The highest BCUT2D eigenvalue weighted by molar-refractivity contribution is 5.81. The van der Waals surface area contributed by atoms with Crippen molar-refractivity contribution in [2.24, 2.45) is 0 Å². The summed E-state index contributed by atoms with van der Waals surface area (Å²) in [5, 5.41) is 9.02. The molecule has 21 heavy (non-hydrogen) atoms. The van der Waals surface area contributed by atoms with Crippen molar-refractivity contribution in [2.45, 2.75) is 13.5 Å². The van der Waals surface area contributed by atoms with Crippen LogP contribution in [0.4, 0.5) is 4.39 Å². The number of rotatable bonds is 2. The lowest BCUT2D eigenvalue weighted by molar-refractivity contribution is 0.627. The van der Waals surface area contributed by atoms with Crippen LogP contribution in [0.3, 0.4) is 0 Å². The SMILES string of the molecule is C#CCn1nc(C)c2cnn(-c3ccc(F)cc3)c2c1=O. The van der Waals surface area contributed by atoms with E-state index >= 15 is 0 Å². The number of hydrogen-bond donors (Lipinski definition) is 0. The maximum Gasteiger partial charge on any atom is 0.294 e. The fourth-order valence-corrected chi connectivity index (χ4v) is 2.19. The van der Waals surface area contributed by atoms with E-state index in [9.17, 15) is 9.18 Å². The van der Waals surface area contributed by atoms with Crippen LogP contribution in [-0.2, 0) is 6.54 Å². The van der Waals surface area contributed by atoms with Gasteiger partial charge in [-0.3, -0.25) is 4.79 Å². The van der Waals surface area contributed by atoms with Gasteiger partial charge in [0.05, 0.1) is 17.6 Å². The van der Waals surface area contributed by atoms with Gasteiger partial charge in [0, 0.05) is 5.39 Å². The van der Waals surface area contributed by atoms with Crippen LogP contribution in [0.5, 0.6) is 0 Å². The molecule has 1 aromatic carbocycles. The molecule has 0 N–H and O–H groups in total. The van der Waals surface area contributed by atoms with Crippen LogP contribution < -0.4 is 5.56 Å². The van der Waals surface area contributed by atoms with Gasteiger partial charge < -0.3 is 0 Å². The van der Waals surface area contributed by atoms with Crippen molar-refractivity contribution in [3.05, 3.63) is 52.3 Å². The van der Waals surface area contributed by atoms with Crippen molar-refractivity contribution < 1.29 is 4.39 Å². The molecule has 0 saturated heterocycles. The summed E-state index contributed by atoms with van der Waals surface area (Å²) < 4.78 is 15.7. The molecule has 0 radical (unpaired) electrons. The Kier molecular flexibility index (Phi) is 3.03. The summed E-state index contributed by atoms with van der Waals surface area (Å²) in [6.45, 7) is 1.87. The molecule has 2 heterocycles. The molecule has 2 aromatic heterocycles.